The first kappa shape index (κ1) is 21.6. The standard InChI is InChI=1S/C20H21N3O5S3/c1-30(25,26)21-15-4-7-17(8-5-15)31(27,28)22-16-6-9-18-14(12-16)13-19(29-18)20(24)23-10-2-3-11-23/h4-9,12-13,21-22H,2-3,10-11H2,1H3. The topological polar surface area (TPSA) is 113 Å². The Morgan fingerprint density at radius 2 is 1.55 bits per heavy atom. The van der Waals surface area contributed by atoms with Gasteiger partial charge in [-0.05, 0) is 66.8 Å². The third-order valence-corrected chi connectivity index (χ3v) is 7.95. The number of hydrogen-bond acceptors (Lipinski definition) is 6. The monoisotopic (exact) mass is 479 g/mol. The van der Waals surface area contributed by atoms with Gasteiger partial charge < -0.3 is 4.90 Å². The highest BCUT2D eigenvalue weighted by molar-refractivity contribution is 7.92. The molecule has 3 aromatic rings. The van der Waals surface area contributed by atoms with E-state index in [2.05, 4.69) is 9.44 Å². The maximum atomic E-state index is 12.7. The van der Waals surface area contributed by atoms with E-state index >= 15 is 0 Å². The molecule has 31 heavy (non-hydrogen) atoms. The van der Waals surface area contributed by atoms with Crippen molar-refractivity contribution in [1.29, 1.82) is 0 Å². The second-order valence-electron chi connectivity index (χ2n) is 7.37. The highest BCUT2D eigenvalue weighted by Gasteiger charge is 2.21. The van der Waals surface area contributed by atoms with Crippen LogP contribution in [0.15, 0.2) is 53.4 Å². The van der Waals surface area contributed by atoms with Gasteiger partial charge in [0, 0.05) is 29.2 Å². The van der Waals surface area contributed by atoms with Crippen molar-refractivity contribution in [3.05, 3.63) is 53.4 Å². The lowest BCUT2D eigenvalue weighted by atomic mass is 10.2. The number of benzene rings is 2. The number of nitrogens with zero attached hydrogens (tertiary/aromatic N) is 1. The molecule has 0 saturated carbocycles. The first-order chi connectivity index (χ1) is 14.6. The van der Waals surface area contributed by atoms with Gasteiger partial charge in [-0.25, -0.2) is 16.8 Å². The number of sulfonamides is 2. The molecule has 164 valence electrons. The van der Waals surface area contributed by atoms with E-state index in [4.69, 9.17) is 0 Å². The fraction of sp³-hybridized carbons (Fsp3) is 0.250. The van der Waals surface area contributed by atoms with Crippen LogP contribution in [0.5, 0.6) is 0 Å². The van der Waals surface area contributed by atoms with Crippen molar-refractivity contribution in [1.82, 2.24) is 4.90 Å². The van der Waals surface area contributed by atoms with Crippen molar-refractivity contribution in [2.45, 2.75) is 17.7 Å². The van der Waals surface area contributed by atoms with E-state index in [9.17, 15) is 21.6 Å². The molecule has 1 aliphatic rings. The van der Waals surface area contributed by atoms with Gasteiger partial charge in [-0.2, -0.15) is 0 Å². The molecule has 4 rings (SSSR count). The van der Waals surface area contributed by atoms with E-state index in [1.165, 1.54) is 35.6 Å². The van der Waals surface area contributed by atoms with Crippen molar-refractivity contribution in [3.8, 4) is 0 Å². The predicted octanol–water partition coefficient (Wildman–Crippen LogP) is 3.31. The zero-order valence-corrected chi connectivity index (χ0v) is 19.1. The molecule has 8 nitrogen and oxygen atoms in total. The fourth-order valence-electron chi connectivity index (χ4n) is 3.42. The Hall–Kier alpha value is -2.63. The fourth-order valence-corrected chi connectivity index (χ4v) is 6.04. The molecule has 1 aromatic heterocycles. The summed E-state index contributed by atoms with van der Waals surface area (Å²) in [5, 5.41) is 0.792. The minimum atomic E-state index is -3.86. The van der Waals surface area contributed by atoms with Crippen molar-refractivity contribution in [3.63, 3.8) is 0 Å². The maximum Gasteiger partial charge on any atom is 0.263 e. The largest absolute Gasteiger partial charge is 0.338 e. The second kappa shape index (κ2) is 8.13. The molecule has 2 aromatic carbocycles. The Kier molecular flexibility index (Phi) is 5.67. The Morgan fingerprint density at radius 1 is 0.903 bits per heavy atom. The quantitative estimate of drug-likeness (QED) is 0.563. The lowest BCUT2D eigenvalue weighted by Gasteiger charge is -2.13. The summed E-state index contributed by atoms with van der Waals surface area (Å²) >= 11 is 1.40. The molecule has 0 aliphatic carbocycles. The first-order valence-electron chi connectivity index (χ1n) is 9.54. The van der Waals surface area contributed by atoms with E-state index in [-0.39, 0.29) is 16.5 Å². The third-order valence-electron chi connectivity index (χ3n) is 4.84. The number of carbonyl (C=O) groups is 1. The Labute approximate surface area is 185 Å². The smallest absolute Gasteiger partial charge is 0.263 e. The minimum Gasteiger partial charge on any atom is -0.338 e. The second-order valence-corrected chi connectivity index (χ2v) is 11.9. The van der Waals surface area contributed by atoms with Crippen molar-refractivity contribution in [2.24, 2.45) is 0 Å². The molecule has 2 heterocycles. The molecule has 0 unspecified atom stereocenters. The average Bonchev–Trinajstić information content (AvgIpc) is 3.36. The number of likely N-dealkylation sites (tertiary alicyclic amines) is 1. The third kappa shape index (κ3) is 5.00. The van der Waals surface area contributed by atoms with Crippen LogP contribution in [-0.4, -0.2) is 47.0 Å². The van der Waals surface area contributed by atoms with Crippen LogP contribution in [0.2, 0.25) is 0 Å². The maximum absolute atomic E-state index is 12.7. The van der Waals surface area contributed by atoms with Gasteiger partial charge in [0.2, 0.25) is 10.0 Å². The van der Waals surface area contributed by atoms with Gasteiger partial charge in [0.05, 0.1) is 16.0 Å². The normalized spacial score (nSPS) is 14.7. The van der Waals surface area contributed by atoms with Crippen LogP contribution in [0, 0.1) is 0 Å². The van der Waals surface area contributed by atoms with E-state index in [1.54, 1.807) is 24.3 Å². The molecule has 0 bridgehead atoms. The Bertz CT molecular complexity index is 1340. The molecule has 1 aliphatic heterocycles. The predicted molar refractivity (Wildman–Crippen MR) is 123 cm³/mol. The molecule has 2 N–H and O–H groups in total. The number of amides is 1. The molecular weight excluding hydrogens is 458 g/mol. The van der Waals surface area contributed by atoms with E-state index in [0.29, 0.717) is 10.6 Å². The van der Waals surface area contributed by atoms with Crippen LogP contribution in [0.1, 0.15) is 22.5 Å². The summed E-state index contributed by atoms with van der Waals surface area (Å²) in [6.45, 7) is 1.55. The Balaban J connectivity index is 1.53. The summed E-state index contributed by atoms with van der Waals surface area (Å²) in [7, 11) is -7.31. The van der Waals surface area contributed by atoms with Gasteiger partial charge in [-0.15, -0.1) is 11.3 Å². The zero-order chi connectivity index (χ0) is 22.2. The highest BCUT2D eigenvalue weighted by atomic mass is 32.2. The molecule has 1 fully saturated rings. The minimum absolute atomic E-state index is 0.00173. The van der Waals surface area contributed by atoms with Gasteiger partial charge in [0.1, 0.15) is 0 Å². The SMILES string of the molecule is CS(=O)(=O)Nc1ccc(S(=O)(=O)Nc2ccc3sc(C(=O)N4CCCC4)cc3c2)cc1. The summed E-state index contributed by atoms with van der Waals surface area (Å²) in [5.74, 6) is 0.0172. The average molecular weight is 480 g/mol. The van der Waals surface area contributed by atoms with Crippen LogP contribution >= 0.6 is 11.3 Å². The summed E-state index contributed by atoms with van der Waals surface area (Å²) < 4.78 is 53.7. The van der Waals surface area contributed by atoms with E-state index in [0.717, 1.165) is 42.3 Å². The van der Waals surface area contributed by atoms with Crippen LogP contribution in [0.4, 0.5) is 11.4 Å². The summed E-state index contributed by atoms with van der Waals surface area (Å²) in [6.07, 6.45) is 3.06. The lowest BCUT2D eigenvalue weighted by molar-refractivity contribution is 0.0797. The Morgan fingerprint density at radius 3 is 2.19 bits per heavy atom. The number of anilines is 2. The first-order valence-corrected chi connectivity index (χ1v) is 13.7. The number of carbonyl (C=O) groups excluding carboxylic acids is 1. The summed E-state index contributed by atoms with van der Waals surface area (Å²) in [5.41, 5.74) is 0.653. The van der Waals surface area contributed by atoms with Crippen molar-refractivity contribution < 1.29 is 21.6 Å². The molecule has 1 saturated heterocycles. The van der Waals surface area contributed by atoms with Crippen LogP contribution in [0.3, 0.4) is 0 Å². The number of nitrogens with one attached hydrogen (secondary N) is 2. The van der Waals surface area contributed by atoms with Crippen LogP contribution in [0.25, 0.3) is 10.1 Å². The number of hydrogen-bond donors (Lipinski definition) is 2. The van der Waals surface area contributed by atoms with E-state index < -0.39 is 20.0 Å². The lowest BCUT2D eigenvalue weighted by Crippen LogP contribution is -2.26. The van der Waals surface area contributed by atoms with E-state index in [1.807, 2.05) is 4.90 Å². The van der Waals surface area contributed by atoms with Gasteiger partial charge in [-0.1, -0.05) is 0 Å². The van der Waals surface area contributed by atoms with Gasteiger partial charge >= 0.3 is 0 Å². The molecule has 1 amide bonds. The van der Waals surface area contributed by atoms with Crippen LogP contribution < -0.4 is 9.44 Å². The number of fused-ring (bicyclic) bond motifs is 1. The molecule has 11 heteroatoms. The zero-order valence-electron chi connectivity index (χ0n) is 16.7. The molecular formula is C20H21N3O5S3. The van der Waals surface area contributed by atoms with Gasteiger partial charge in [0.15, 0.2) is 0 Å². The number of rotatable bonds is 6. The van der Waals surface area contributed by atoms with Crippen molar-refractivity contribution >= 4 is 58.8 Å². The van der Waals surface area contributed by atoms with Crippen molar-refractivity contribution in [2.75, 3.05) is 28.8 Å². The number of thiophene rings is 1. The van der Waals surface area contributed by atoms with Gasteiger partial charge in [-0.3, -0.25) is 14.2 Å². The van der Waals surface area contributed by atoms with Crippen LogP contribution in [-0.2, 0) is 20.0 Å². The summed E-state index contributed by atoms with van der Waals surface area (Å²) in [6, 6.07) is 12.4. The van der Waals surface area contributed by atoms with Gasteiger partial charge in [0.25, 0.3) is 15.9 Å². The highest BCUT2D eigenvalue weighted by Crippen LogP contribution is 2.30. The molecule has 0 atom stereocenters. The summed E-state index contributed by atoms with van der Waals surface area (Å²) in [4.78, 5) is 15.1. The molecule has 0 radical (unpaired) electrons. The molecule has 0 spiro atoms.